The molecule has 0 saturated carbocycles. The second-order valence-electron chi connectivity index (χ2n) is 4.90. The summed E-state index contributed by atoms with van der Waals surface area (Å²) in [5.74, 6) is -0.736. The quantitative estimate of drug-likeness (QED) is 0.774. The van der Waals surface area contributed by atoms with Crippen LogP contribution in [0.25, 0.3) is 0 Å². The zero-order chi connectivity index (χ0) is 14.8. The predicted molar refractivity (Wildman–Crippen MR) is 82.9 cm³/mol. The minimum absolute atomic E-state index is 0.0793. The summed E-state index contributed by atoms with van der Waals surface area (Å²) < 4.78 is 27.3. The van der Waals surface area contributed by atoms with Crippen LogP contribution in [0.3, 0.4) is 0 Å². The smallest absolute Gasteiger partial charge is 0.303 e. The van der Waals surface area contributed by atoms with Crippen molar-refractivity contribution in [3.8, 4) is 0 Å². The molecule has 2 rings (SSSR count). The highest BCUT2D eigenvalue weighted by atomic mass is 127. The van der Waals surface area contributed by atoms with Crippen LogP contribution in [-0.2, 0) is 14.8 Å². The molecule has 1 aliphatic rings. The van der Waals surface area contributed by atoms with Crippen molar-refractivity contribution in [1.29, 1.82) is 0 Å². The van der Waals surface area contributed by atoms with E-state index in [0.717, 1.165) is 3.57 Å². The molecule has 0 aliphatic carbocycles. The zero-order valence-corrected chi connectivity index (χ0v) is 13.8. The van der Waals surface area contributed by atoms with Gasteiger partial charge >= 0.3 is 5.97 Å². The first kappa shape index (κ1) is 15.7. The number of carbonyl (C=O) groups is 1. The molecule has 0 unspecified atom stereocenters. The van der Waals surface area contributed by atoms with E-state index in [-0.39, 0.29) is 12.3 Å². The molecule has 0 aromatic heterocycles. The van der Waals surface area contributed by atoms with E-state index >= 15 is 0 Å². The monoisotopic (exact) mass is 409 g/mol. The molecular weight excluding hydrogens is 393 g/mol. The summed E-state index contributed by atoms with van der Waals surface area (Å²) in [4.78, 5) is 11.0. The predicted octanol–water partition coefficient (Wildman–Crippen LogP) is 2.17. The van der Waals surface area contributed by atoms with Gasteiger partial charge in [-0.05, 0) is 65.6 Å². The Balaban J connectivity index is 2.05. The molecule has 0 spiro atoms. The number of carboxylic acid groups (broad SMARTS) is 1. The average molecular weight is 409 g/mol. The number of aliphatic carboxylic acids is 1. The van der Waals surface area contributed by atoms with Crippen molar-refractivity contribution < 1.29 is 18.3 Å². The first-order valence-electron chi connectivity index (χ1n) is 6.37. The van der Waals surface area contributed by atoms with E-state index in [0.29, 0.717) is 30.8 Å². The molecule has 1 aliphatic heterocycles. The van der Waals surface area contributed by atoms with Crippen LogP contribution in [0.15, 0.2) is 29.2 Å². The van der Waals surface area contributed by atoms with Gasteiger partial charge in [0, 0.05) is 23.1 Å². The molecule has 1 N–H and O–H groups in total. The van der Waals surface area contributed by atoms with Crippen molar-refractivity contribution in [1.82, 2.24) is 4.31 Å². The Labute approximate surface area is 132 Å². The summed E-state index contributed by atoms with van der Waals surface area (Å²) in [6.45, 7) is 0.790. The lowest BCUT2D eigenvalue weighted by atomic mass is 9.95. The van der Waals surface area contributed by atoms with Crippen molar-refractivity contribution in [3.05, 3.63) is 27.8 Å². The van der Waals surface area contributed by atoms with E-state index in [1.54, 1.807) is 24.3 Å². The van der Waals surface area contributed by atoms with Gasteiger partial charge in [-0.25, -0.2) is 8.42 Å². The number of nitrogens with zero attached hydrogens (tertiary/aromatic N) is 1. The number of benzene rings is 1. The fourth-order valence-corrected chi connectivity index (χ4v) is 4.19. The summed E-state index contributed by atoms with van der Waals surface area (Å²) in [6, 6.07) is 6.76. The average Bonchev–Trinajstić information content (AvgIpc) is 2.39. The first-order valence-corrected chi connectivity index (χ1v) is 8.89. The molecule has 20 heavy (non-hydrogen) atoms. The molecular formula is C13H16INO4S. The van der Waals surface area contributed by atoms with Crippen LogP contribution in [0, 0.1) is 9.49 Å². The molecule has 1 saturated heterocycles. The SMILES string of the molecule is O=C(O)CC1CCN(S(=O)(=O)c2ccc(I)cc2)CC1. The lowest BCUT2D eigenvalue weighted by Gasteiger charge is -2.30. The van der Waals surface area contributed by atoms with Crippen molar-refractivity contribution in [3.63, 3.8) is 0 Å². The van der Waals surface area contributed by atoms with E-state index < -0.39 is 16.0 Å². The lowest BCUT2D eigenvalue weighted by molar-refractivity contribution is -0.138. The van der Waals surface area contributed by atoms with Gasteiger partial charge in [-0.1, -0.05) is 0 Å². The van der Waals surface area contributed by atoms with Crippen molar-refractivity contribution in [2.45, 2.75) is 24.2 Å². The van der Waals surface area contributed by atoms with Gasteiger partial charge in [0.1, 0.15) is 0 Å². The number of hydrogen-bond donors (Lipinski definition) is 1. The normalized spacial score (nSPS) is 18.1. The third-order valence-corrected chi connectivity index (χ3v) is 6.12. The molecule has 5 nitrogen and oxygen atoms in total. The van der Waals surface area contributed by atoms with Gasteiger partial charge in [-0.2, -0.15) is 4.31 Å². The van der Waals surface area contributed by atoms with Crippen molar-refractivity contribution >= 4 is 38.6 Å². The molecule has 1 aromatic carbocycles. The standard InChI is InChI=1S/C13H16INO4S/c14-11-1-3-12(4-2-11)20(18,19)15-7-5-10(6-8-15)9-13(16)17/h1-4,10H,5-9H2,(H,16,17). The summed E-state index contributed by atoms with van der Waals surface area (Å²) >= 11 is 2.13. The molecule has 1 aromatic rings. The highest BCUT2D eigenvalue weighted by Crippen LogP contribution is 2.25. The Bertz CT molecular complexity index is 577. The maximum atomic E-state index is 12.4. The highest BCUT2D eigenvalue weighted by Gasteiger charge is 2.29. The fraction of sp³-hybridized carbons (Fsp3) is 0.462. The van der Waals surface area contributed by atoms with Crippen LogP contribution < -0.4 is 0 Å². The Kier molecular flexibility index (Phi) is 5.03. The number of halogens is 1. The Morgan fingerprint density at radius 1 is 1.25 bits per heavy atom. The minimum Gasteiger partial charge on any atom is -0.481 e. The Morgan fingerprint density at radius 3 is 2.30 bits per heavy atom. The van der Waals surface area contributed by atoms with Gasteiger partial charge in [0.2, 0.25) is 10.0 Å². The second kappa shape index (κ2) is 6.40. The lowest BCUT2D eigenvalue weighted by Crippen LogP contribution is -2.38. The van der Waals surface area contributed by atoms with Crippen molar-refractivity contribution in [2.24, 2.45) is 5.92 Å². The Morgan fingerprint density at radius 2 is 1.80 bits per heavy atom. The topological polar surface area (TPSA) is 74.7 Å². The second-order valence-corrected chi connectivity index (χ2v) is 8.08. The van der Waals surface area contributed by atoms with Gasteiger partial charge in [0.15, 0.2) is 0 Å². The molecule has 1 fully saturated rings. The van der Waals surface area contributed by atoms with E-state index in [1.807, 2.05) is 0 Å². The first-order chi connectivity index (χ1) is 9.39. The molecule has 0 amide bonds. The van der Waals surface area contributed by atoms with Gasteiger partial charge < -0.3 is 5.11 Å². The zero-order valence-electron chi connectivity index (χ0n) is 10.8. The van der Waals surface area contributed by atoms with Crippen LogP contribution in [0.1, 0.15) is 19.3 Å². The van der Waals surface area contributed by atoms with Crippen LogP contribution in [0.2, 0.25) is 0 Å². The van der Waals surface area contributed by atoms with E-state index in [4.69, 9.17) is 5.11 Å². The maximum Gasteiger partial charge on any atom is 0.303 e. The van der Waals surface area contributed by atoms with Crippen molar-refractivity contribution in [2.75, 3.05) is 13.1 Å². The summed E-state index contributed by atoms with van der Waals surface area (Å²) in [5, 5.41) is 8.76. The van der Waals surface area contributed by atoms with Gasteiger partial charge in [0.25, 0.3) is 0 Å². The third-order valence-electron chi connectivity index (χ3n) is 3.49. The number of carboxylic acids is 1. The van der Waals surface area contributed by atoms with Gasteiger partial charge in [-0.15, -0.1) is 0 Å². The minimum atomic E-state index is -3.45. The fourth-order valence-electron chi connectivity index (χ4n) is 2.36. The number of piperidine rings is 1. The van der Waals surface area contributed by atoms with E-state index in [2.05, 4.69) is 22.6 Å². The number of hydrogen-bond acceptors (Lipinski definition) is 3. The molecule has 0 radical (unpaired) electrons. The van der Waals surface area contributed by atoms with Gasteiger partial charge in [0.05, 0.1) is 4.90 Å². The largest absolute Gasteiger partial charge is 0.481 e. The molecule has 0 bridgehead atoms. The number of rotatable bonds is 4. The summed E-state index contributed by atoms with van der Waals surface area (Å²) in [5.41, 5.74) is 0. The van der Waals surface area contributed by atoms with Crippen LogP contribution in [0.5, 0.6) is 0 Å². The Hall–Kier alpha value is -0.670. The van der Waals surface area contributed by atoms with E-state index in [1.165, 1.54) is 4.31 Å². The molecule has 1 heterocycles. The van der Waals surface area contributed by atoms with E-state index in [9.17, 15) is 13.2 Å². The van der Waals surface area contributed by atoms with Crippen LogP contribution in [-0.4, -0.2) is 36.9 Å². The highest BCUT2D eigenvalue weighted by molar-refractivity contribution is 14.1. The van der Waals surface area contributed by atoms with Crippen LogP contribution >= 0.6 is 22.6 Å². The molecule has 7 heteroatoms. The third kappa shape index (κ3) is 3.70. The van der Waals surface area contributed by atoms with Crippen LogP contribution in [0.4, 0.5) is 0 Å². The molecule has 110 valence electrons. The maximum absolute atomic E-state index is 12.4. The molecule has 0 atom stereocenters. The number of sulfonamides is 1. The summed E-state index contributed by atoms with van der Waals surface area (Å²) in [7, 11) is -3.45. The summed E-state index contributed by atoms with van der Waals surface area (Å²) in [6.07, 6.45) is 1.34. The van der Waals surface area contributed by atoms with Gasteiger partial charge in [-0.3, -0.25) is 4.79 Å².